The lowest BCUT2D eigenvalue weighted by Gasteiger charge is -2.32. The van der Waals surface area contributed by atoms with Gasteiger partial charge in [-0.1, -0.05) is 24.0 Å². The van der Waals surface area contributed by atoms with Gasteiger partial charge in [0.05, 0.1) is 5.60 Å². The van der Waals surface area contributed by atoms with Gasteiger partial charge < -0.3 is 4.74 Å². The van der Waals surface area contributed by atoms with Crippen molar-refractivity contribution in [2.75, 3.05) is 0 Å². The van der Waals surface area contributed by atoms with Crippen molar-refractivity contribution in [3.8, 4) is 0 Å². The molecule has 72 valence electrons. The van der Waals surface area contributed by atoms with Crippen LogP contribution in [0, 0.1) is 0 Å². The fourth-order valence-electron chi connectivity index (χ4n) is 1.10. The van der Waals surface area contributed by atoms with Crippen molar-refractivity contribution in [3.05, 3.63) is 0 Å². The Morgan fingerprint density at radius 3 is 1.83 bits per heavy atom. The Bertz CT molecular complexity index is 168. The molecule has 0 heterocycles. The molecule has 0 rings (SSSR count). The predicted octanol–water partition coefficient (Wildman–Crippen LogP) is 3.62. The maximum absolute atomic E-state index is 5.81. The van der Waals surface area contributed by atoms with Crippen LogP contribution < -0.4 is 0 Å². The highest BCUT2D eigenvalue weighted by atomic mass is 32.2. The summed E-state index contributed by atoms with van der Waals surface area (Å²) in [6.07, 6.45) is 0. The zero-order valence-electron chi connectivity index (χ0n) is 8.72. The van der Waals surface area contributed by atoms with Crippen LogP contribution in [0.4, 0.5) is 0 Å². The van der Waals surface area contributed by atoms with Gasteiger partial charge >= 0.3 is 0 Å². The van der Waals surface area contributed by atoms with E-state index in [4.69, 9.17) is 17.0 Å². The SMILES string of the molecule is CC(=S)SC(C)(C)OC(C)(C)C. The maximum Gasteiger partial charge on any atom is 0.113 e. The lowest BCUT2D eigenvalue weighted by Crippen LogP contribution is -2.32. The average molecular weight is 206 g/mol. The molecule has 0 spiro atoms. The minimum atomic E-state index is -0.218. The van der Waals surface area contributed by atoms with Gasteiger partial charge in [0.15, 0.2) is 0 Å². The third kappa shape index (κ3) is 7.07. The van der Waals surface area contributed by atoms with Crippen LogP contribution in [0.15, 0.2) is 0 Å². The fourth-order valence-corrected chi connectivity index (χ4v) is 2.69. The van der Waals surface area contributed by atoms with Crippen molar-refractivity contribution in [1.29, 1.82) is 0 Å². The molecule has 0 saturated heterocycles. The van der Waals surface area contributed by atoms with Gasteiger partial charge in [-0.3, -0.25) is 0 Å². The summed E-state index contributed by atoms with van der Waals surface area (Å²) in [5.74, 6) is 0. The first-order valence-electron chi connectivity index (χ1n) is 4.02. The predicted molar refractivity (Wildman–Crippen MR) is 60.8 cm³/mol. The van der Waals surface area contributed by atoms with E-state index in [1.807, 2.05) is 41.5 Å². The molecule has 0 radical (unpaired) electrons. The largest absolute Gasteiger partial charge is 0.359 e. The normalized spacial score (nSPS) is 13.2. The first-order valence-corrected chi connectivity index (χ1v) is 5.25. The average Bonchev–Trinajstić information content (AvgIpc) is 1.48. The van der Waals surface area contributed by atoms with Crippen molar-refractivity contribution in [2.45, 2.75) is 52.1 Å². The highest BCUT2D eigenvalue weighted by molar-refractivity contribution is 8.23. The van der Waals surface area contributed by atoms with E-state index in [1.165, 1.54) is 0 Å². The standard InChI is InChI=1S/C9H18OS2/c1-7(11)12-9(5,6)10-8(2,3)4/h1-6H3. The van der Waals surface area contributed by atoms with E-state index in [2.05, 4.69) is 0 Å². The Morgan fingerprint density at radius 2 is 1.58 bits per heavy atom. The summed E-state index contributed by atoms with van der Waals surface area (Å²) < 4.78 is 6.73. The molecule has 0 aliphatic carbocycles. The van der Waals surface area contributed by atoms with Crippen LogP contribution in [0.2, 0.25) is 0 Å². The van der Waals surface area contributed by atoms with Gasteiger partial charge in [0.25, 0.3) is 0 Å². The van der Waals surface area contributed by atoms with Gasteiger partial charge in [-0.15, -0.1) is 0 Å². The number of rotatable bonds is 2. The molecular weight excluding hydrogens is 188 g/mol. The monoisotopic (exact) mass is 206 g/mol. The first kappa shape index (κ1) is 12.4. The summed E-state index contributed by atoms with van der Waals surface area (Å²) in [5, 5.41) is 0. The van der Waals surface area contributed by atoms with Crippen LogP contribution >= 0.6 is 24.0 Å². The molecule has 0 aromatic rings. The molecule has 0 saturated carbocycles. The highest BCUT2D eigenvalue weighted by Crippen LogP contribution is 2.31. The maximum atomic E-state index is 5.81. The second kappa shape index (κ2) is 4.07. The van der Waals surface area contributed by atoms with E-state index in [1.54, 1.807) is 11.8 Å². The lowest BCUT2D eigenvalue weighted by atomic mass is 10.2. The second-order valence-electron chi connectivity index (χ2n) is 4.21. The van der Waals surface area contributed by atoms with Crippen LogP contribution in [0.25, 0.3) is 0 Å². The Morgan fingerprint density at radius 1 is 1.17 bits per heavy atom. The van der Waals surface area contributed by atoms with E-state index in [0.717, 1.165) is 4.20 Å². The Balaban J connectivity index is 4.13. The Kier molecular flexibility index (Phi) is 4.21. The number of hydrogen-bond donors (Lipinski definition) is 0. The summed E-state index contributed by atoms with van der Waals surface area (Å²) in [6.45, 7) is 12.2. The van der Waals surface area contributed by atoms with Crippen LogP contribution in [0.5, 0.6) is 0 Å². The van der Waals surface area contributed by atoms with Crippen LogP contribution in [-0.2, 0) is 4.74 Å². The molecule has 0 N–H and O–H groups in total. The molecule has 0 bridgehead atoms. The lowest BCUT2D eigenvalue weighted by molar-refractivity contribution is -0.0612. The summed E-state index contributed by atoms with van der Waals surface area (Å²) in [7, 11) is 0. The zero-order valence-corrected chi connectivity index (χ0v) is 10.4. The van der Waals surface area contributed by atoms with Gasteiger partial charge in [-0.2, -0.15) is 0 Å². The first-order chi connectivity index (χ1) is 5.12. The molecule has 0 unspecified atom stereocenters. The summed E-state index contributed by atoms with van der Waals surface area (Å²) in [6, 6.07) is 0. The number of hydrogen-bond acceptors (Lipinski definition) is 3. The molecule has 0 aromatic carbocycles. The topological polar surface area (TPSA) is 9.23 Å². The van der Waals surface area contributed by atoms with Crippen LogP contribution in [0.3, 0.4) is 0 Å². The van der Waals surface area contributed by atoms with Crippen molar-refractivity contribution >= 4 is 28.2 Å². The van der Waals surface area contributed by atoms with Crippen molar-refractivity contribution < 1.29 is 4.74 Å². The quantitative estimate of drug-likeness (QED) is 0.504. The molecule has 0 aromatic heterocycles. The van der Waals surface area contributed by atoms with Gasteiger partial charge in [0.1, 0.15) is 4.93 Å². The second-order valence-corrected chi connectivity index (χ2v) is 6.88. The molecule has 1 nitrogen and oxygen atoms in total. The molecule has 0 aliphatic heterocycles. The zero-order chi connectivity index (χ0) is 9.99. The van der Waals surface area contributed by atoms with E-state index >= 15 is 0 Å². The summed E-state index contributed by atoms with van der Waals surface area (Å²) >= 11 is 6.61. The van der Waals surface area contributed by atoms with Crippen LogP contribution in [0.1, 0.15) is 41.5 Å². The molecule has 0 fully saturated rings. The van der Waals surface area contributed by atoms with Crippen LogP contribution in [-0.4, -0.2) is 14.7 Å². The highest BCUT2D eigenvalue weighted by Gasteiger charge is 2.26. The Labute approximate surface area is 85.3 Å². The van der Waals surface area contributed by atoms with Crippen molar-refractivity contribution in [1.82, 2.24) is 0 Å². The van der Waals surface area contributed by atoms with E-state index < -0.39 is 0 Å². The van der Waals surface area contributed by atoms with Crippen molar-refractivity contribution in [3.63, 3.8) is 0 Å². The van der Waals surface area contributed by atoms with Gasteiger partial charge in [-0.25, -0.2) is 0 Å². The van der Waals surface area contributed by atoms with Gasteiger partial charge in [0.2, 0.25) is 0 Å². The number of thioether (sulfide) groups is 1. The van der Waals surface area contributed by atoms with Gasteiger partial charge in [0, 0.05) is 4.20 Å². The van der Waals surface area contributed by atoms with Gasteiger partial charge in [-0.05, 0) is 41.5 Å². The summed E-state index contributed by atoms with van der Waals surface area (Å²) in [4.78, 5) is -0.218. The smallest absolute Gasteiger partial charge is 0.113 e. The fraction of sp³-hybridized carbons (Fsp3) is 0.889. The summed E-state index contributed by atoms with van der Waals surface area (Å²) in [5.41, 5.74) is -0.110. The minimum Gasteiger partial charge on any atom is -0.359 e. The third-order valence-electron chi connectivity index (χ3n) is 0.941. The number of thiocarbonyl (C=S) groups is 1. The molecule has 0 aliphatic rings. The van der Waals surface area contributed by atoms with E-state index in [9.17, 15) is 0 Å². The number of ether oxygens (including phenoxy) is 1. The molecular formula is C9H18OS2. The Hall–Kier alpha value is 0.400. The van der Waals surface area contributed by atoms with Crippen molar-refractivity contribution in [2.24, 2.45) is 0 Å². The molecule has 0 amide bonds. The minimum absolute atomic E-state index is 0.110. The van der Waals surface area contributed by atoms with E-state index in [-0.39, 0.29) is 10.5 Å². The van der Waals surface area contributed by atoms with E-state index in [0.29, 0.717) is 0 Å². The molecule has 3 heteroatoms. The third-order valence-corrected chi connectivity index (χ3v) is 2.05. The molecule has 0 atom stereocenters. The molecule has 12 heavy (non-hydrogen) atoms.